The summed E-state index contributed by atoms with van der Waals surface area (Å²) < 4.78 is 4.54. The van der Waals surface area contributed by atoms with Crippen molar-refractivity contribution in [2.45, 2.75) is 0 Å². The summed E-state index contributed by atoms with van der Waals surface area (Å²) in [6, 6.07) is 7.48. The van der Waals surface area contributed by atoms with Gasteiger partial charge in [0.15, 0.2) is 0 Å². The predicted octanol–water partition coefficient (Wildman–Crippen LogP) is 0.417. The molecule has 16 heavy (non-hydrogen) atoms. The molecule has 0 aliphatic rings. The van der Waals surface area contributed by atoms with Gasteiger partial charge in [-0.2, -0.15) is 0 Å². The number of methoxy groups -OCH3 is 1. The van der Waals surface area contributed by atoms with Gasteiger partial charge in [-0.1, -0.05) is 18.2 Å². The van der Waals surface area contributed by atoms with E-state index in [0.717, 1.165) is 17.2 Å². The topological polar surface area (TPSA) is 62.3 Å². The zero-order valence-electron chi connectivity index (χ0n) is 8.73. The number of para-hydroxylation sites is 1. The normalized spacial score (nSPS) is 13.3. The molecule has 1 aromatic heterocycles. The molecule has 0 unspecified atom stereocenters. The van der Waals surface area contributed by atoms with E-state index in [-0.39, 0.29) is 0 Å². The van der Waals surface area contributed by atoms with E-state index in [1.54, 1.807) is 0 Å². The van der Waals surface area contributed by atoms with Crippen LogP contribution in [0.2, 0.25) is 0 Å². The van der Waals surface area contributed by atoms with Crippen molar-refractivity contribution >= 4 is 29.2 Å². The van der Waals surface area contributed by atoms with Crippen LogP contribution in [0, 0.1) is 0 Å². The highest BCUT2D eigenvalue weighted by atomic mass is 16.5. The third-order valence-electron chi connectivity index (χ3n) is 2.37. The largest absolute Gasteiger partial charge is 0.515 e. The van der Waals surface area contributed by atoms with E-state index in [1.165, 1.54) is 13.2 Å². The van der Waals surface area contributed by atoms with E-state index in [9.17, 15) is 9.90 Å². The molecule has 0 aliphatic heterocycles. The maximum absolute atomic E-state index is 11.1. The molecule has 0 saturated heterocycles. The number of nitrogens with one attached hydrogen (secondary N) is 1. The fourth-order valence-electron chi connectivity index (χ4n) is 1.61. The molecule has 82 valence electrons. The summed E-state index contributed by atoms with van der Waals surface area (Å²) >= 11 is 0. The monoisotopic (exact) mass is 217 g/mol. The van der Waals surface area contributed by atoms with Crippen molar-refractivity contribution in [1.82, 2.24) is 4.98 Å². The predicted molar refractivity (Wildman–Crippen MR) is 61.1 cm³/mol. The Morgan fingerprint density at radius 2 is 2.19 bits per heavy atom. The Morgan fingerprint density at radius 1 is 1.44 bits per heavy atom. The molecule has 0 saturated carbocycles. The zero-order valence-corrected chi connectivity index (χ0v) is 8.73. The van der Waals surface area contributed by atoms with Crippen LogP contribution in [0.5, 0.6) is 0 Å². The van der Waals surface area contributed by atoms with E-state index in [4.69, 9.17) is 0 Å². The van der Waals surface area contributed by atoms with Gasteiger partial charge in [0.2, 0.25) is 0 Å². The number of carbonyl (C=O) groups is 1. The van der Waals surface area contributed by atoms with Crippen LogP contribution in [0.3, 0.4) is 0 Å². The van der Waals surface area contributed by atoms with Gasteiger partial charge in [0.05, 0.1) is 18.7 Å². The van der Waals surface area contributed by atoms with Crippen LogP contribution in [0.1, 0.15) is 0 Å². The highest BCUT2D eigenvalue weighted by Crippen LogP contribution is 2.03. The first kappa shape index (κ1) is 10.3. The Balaban J connectivity index is 2.81. The zero-order chi connectivity index (χ0) is 11.5. The first-order valence-corrected chi connectivity index (χ1v) is 4.77. The molecule has 0 aliphatic carbocycles. The summed E-state index contributed by atoms with van der Waals surface area (Å²) in [5.74, 6) is -0.463. The van der Waals surface area contributed by atoms with Crippen molar-refractivity contribution in [2.24, 2.45) is 0 Å². The molecular formula is C12H11NO3. The number of esters is 1. The molecule has 0 radical (unpaired) electrons. The molecule has 1 heterocycles. The number of aromatic nitrogens is 1. The summed E-state index contributed by atoms with van der Waals surface area (Å²) in [7, 11) is 1.31. The number of benzene rings is 1. The quantitative estimate of drug-likeness (QED) is 0.680. The van der Waals surface area contributed by atoms with Gasteiger partial charge in [-0.05, 0) is 6.07 Å². The number of ether oxygens (including phenoxy) is 1. The second-order valence-electron chi connectivity index (χ2n) is 3.29. The minimum Gasteiger partial charge on any atom is -0.515 e. The average Bonchev–Trinajstić information content (AvgIpc) is 2.65. The molecule has 0 amide bonds. The first-order chi connectivity index (χ1) is 7.76. The van der Waals surface area contributed by atoms with Gasteiger partial charge in [0, 0.05) is 22.2 Å². The maximum atomic E-state index is 11.1. The van der Waals surface area contributed by atoms with Crippen molar-refractivity contribution in [2.75, 3.05) is 7.11 Å². The smallest absolute Gasteiger partial charge is 0.332 e. The standard InChI is InChI=1S/C12H11NO3/c1-16-12(15)6-11-9(7-14)8-4-2-3-5-10(8)13-11/h2-7,13-14H,1H3/b9-7+,11-6-. The lowest BCUT2D eigenvalue weighted by Gasteiger charge is -1.87. The minimum atomic E-state index is -0.463. The summed E-state index contributed by atoms with van der Waals surface area (Å²) in [4.78, 5) is 14.2. The number of aromatic amines is 1. The number of aliphatic hydroxyl groups excluding tert-OH is 1. The van der Waals surface area contributed by atoms with Gasteiger partial charge in [0.25, 0.3) is 0 Å². The van der Waals surface area contributed by atoms with Crippen LogP contribution in [0.15, 0.2) is 24.3 Å². The van der Waals surface area contributed by atoms with Crippen molar-refractivity contribution in [1.29, 1.82) is 0 Å². The third-order valence-corrected chi connectivity index (χ3v) is 2.37. The lowest BCUT2D eigenvalue weighted by atomic mass is 10.2. The number of aliphatic hydroxyl groups is 1. The van der Waals surface area contributed by atoms with Crippen molar-refractivity contribution < 1.29 is 14.6 Å². The van der Waals surface area contributed by atoms with Gasteiger partial charge < -0.3 is 14.8 Å². The number of fused-ring (bicyclic) bond motifs is 1. The Bertz CT molecular complexity index is 640. The highest BCUT2D eigenvalue weighted by Gasteiger charge is 2.01. The number of carbonyl (C=O) groups excluding carboxylic acids is 1. The fourth-order valence-corrected chi connectivity index (χ4v) is 1.61. The average molecular weight is 217 g/mol. The molecule has 2 rings (SSSR count). The number of hydrogen-bond donors (Lipinski definition) is 2. The van der Waals surface area contributed by atoms with E-state index in [2.05, 4.69) is 9.72 Å². The summed E-state index contributed by atoms with van der Waals surface area (Å²) in [5, 5.41) is 11.2. The van der Waals surface area contributed by atoms with Gasteiger partial charge in [-0.25, -0.2) is 4.79 Å². The molecule has 0 atom stereocenters. The lowest BCUT2D eigenvalue weighted by Crippen LogP contribution is -2.24. The van der Waals surface area contributed by atoms with Crippen LogP contribution in [0.4, 0.5) is 0 Å². The fraction of sp³-hybridized carbons (Fsp3) is 0.0833. The molecule has 0 fully saturated rings. The molecule has 2 N–H and O–H groups in total. The molecule has 0 bridgehead atoms. The van der Waals surface area contributed by atoms with E-state index in [1.807, 2.05) is 24.3 Å². The summed E-state index contributed by atoms with van der Waals surface area (Å²) in [5.41, 5.74) is 0.859. The highest BCUT2D eigenvalue weighted by molar-refractivity contribution is 6.00. The Hall–Kier alpha value is -2.23. The Labute approximate surface area is 91.5 Å². The number of hydrogen-bond acceptors (Lipinski definition) is 3. The lowest BCUT2D eigenvalue weighted by molar-refractivity contribution is -0.133. The summed E-state index contributed by atoms with van der Waals surface area (Å²) in [6.45, 7) is 0. The van der Waals surface area contributed by atoms with Crippen molar-refractivity contribution in [3.63, 3.8) is 0 Å². The van der Waals surface area contributed by atoms with Crippen LogP contribution in [-0.4, -0.2) is 23.2 Å². The van der Waals surface area contributed by atoms with E-state index in [0.29, 0.717) is 10.6 Å². The van der Waals surface area contributed by atoms with Crippen LogP contribution >= 0.6 is 0 Å². The Kier molecular flexibility index (Phi) is 2.64. The number of rotatable bonds is 1. The first-order valence-electron chi connectivity index (χ1n) is 4.77. The molecular weight excluding hydrogens is 206 g/mol. The van der Waals surface area contributed by atoms with Gasteiger partial charge in [-0.15, -0.1) is 0 Å². The maximum Gasteiger partial charge on any atom is 0.332 e. The van der Waals surface area contributed by atoms with Gasteiger partial charge in [0.1, 0.15) is 0 Å². The molecule has 2 aromatic rings. The third kappa shape index (κ3) is 1.65. The van der Waals surface area contributed by atoms with E-state index < -0.39 is 5.97 Å². The van der Waals surface area contributed by atoms with Crippen molar-refractivity contribution in [3.8, 4) is 0 Å². The van der Waals surface area contributed by atoms with E-state index >= 15 is 0 Å². The molecule has 4 nitrogen and oxygen atoms in total. The SMILES string of the molecule is COC(=O)/C=c1\[nH]c2ccccc2\c1=C/O. The Morgan fingerprint density at radius 3 is 2.88 bits per heavy atom. The molecule has 4 heteroatoms. The van der Waals surface area contributed by atoms with Gasteiger partial charge in [-0.3, -0.25) is 0 Å². The van der Waals surface area contributed by atoms with Gasteiger partial charge >= 0.3 is 5.97 Å². The second-order valence-corrected chi connectivity index (χ2v) is 3.29. The van der Waals surface area contributed by atoms with Crippen LogP contribution < -0.4 is 10.6 Å². The van der Waals surface area contributed by atoms with Crippen LogP contribution in [0.25, 0.3) is 23.2 Å². The second kappa shape index (κ2) is 4.10. The molecule has 1 aromatic carbocycles. The van der Waals surface area contributed by atoms with Crippen LogP contribution in [-0.2, 0) is 9.53 Å². The summed E-state index contributed by atoms with van der Waals surface area (Å²) in [6.07, 6.45) is 2.29. The molecule has 0 spiro atoms. The number of H-pyrrole nitrogens is 1. The van der Waals surface area contributed by atoms with Crippen molar-refractivity contribution in [3.05, 3.63) is 34.8 Å². The minimum absolute atomic E-state index is 0.463.